The molecule has 1 aromatic rings. The Morgan fingerprint density at radius 1 is 1.35 bits per heavy atom. The van der Waals surface area contributed by atoms with Crippen LogP contribution in [0.15, 0.2) is 29.2 Å². The minimum Gasteiger partial charge on any atom is -0.508 e. The second-order valence-electron chi connectivity index (χ2n) is 5.18. The molecule has 0 saturated carbocycles. The van der Waals surface area contributed by atoms with Gasteiger partial charge in [-0.15, -0.1) is 0 Å². The summed E-state index contributed by atoms with van der Waals surface area (Å²) in [4.78, 5) is 2.48. The Bertz CT molecular complexity index is 551. The maximum absolute atomic E-state index is 12.5. The number of rotatable bonds is 4. The molecule has 6 heteroatoms. The highest BCUT2D eigenvalue weighted by atomic mass is 32.2. The first-order valence-electron chi connectivity index (χ1n) is 6.94. The monoisotopic (exact) mass is 298 g/mol. The van der Waals surface area contributed by atoms with Gasteiger partial charge in [-0.05, 0) is 50.7 Å². The van der Waals surface area contributed by atoms with E-state index in [1.54, 1.807) is 13.1 Å². The van der Waals surface area contributed by atoms with Gasteiger partial charge in [0.1, 0.15) is 5.75 Å². The maximum atomic E-state index is 12.5. The van der Waals surface area contributed by atoms with E-state index >= 15 is 0 Å². The van der Waals surface area contributed by atoms with Crippen LogP contribution in [0.4, 0.5) is 0 Å². The van der Waals surface area contributed by atoms with Crippen molar-refractivity contribution in [3.05, 3.63) is 24.3 Å². The maximum Gasteiger partial charge on any atom is 0.243 e. The Balaban J connectivity index is 2.14. The van der Waals surface area contributed by atoms with Gasteiger partial charge in [0.2, 0.25) is 10.0 Å². The summed E-state index contributed by atoms with van der Waals surface area (Å²) >= 11 is 0. The lowest BCUT2D eigenvalue weighted by molar-refractivity contribution is 0.176. The van der Waals surface area contributed by atoms with E-state index in [4.69, 9.17) is 0 Å². The van der Waals surface area contributed by atoms with E-state index in [9.17, 15) is 13.5 Å². The summed E-state index contributed by atoms with van der Waals surface area (Å²) in [5.41, 5.74) is 0. The molecule has 0 spiro atoms. The van der Waals surface area contributed by atoms with E-state index in [0.29, 0.717) is 0 Å². The van der Waals surface area contributed by atoms with Crippen molar-refractivity contribution in [3.8, 4) is 5.75 Å². The van der Waals surface area contributed by atoms with Crippen LogP contribution in [0.2, 0.25) is 0 Å². The summed E-state index contributed by atoms with van der Waals surface area (Å²) in [5.74, 6) is -0.0275. The molecule has 1 aromatic carbocycles. The summed E-state index contributed by atoms with van der Waals surface area (Å²) < 4.78 is 26.5. The Morgan fingerprint density at radius 2 is 2.00 bits per heavy atom. The number of likely N-dealkylation sites (tertiary alicyclic amines) is 1. The van der Waals surface area contributed by atoms with E-state index in [-0.39, 0.29) is 16.7 Å². The standard InChI is InChI=1S/C14H22N2O3S/c1-3-16-9-7-12(8-10-16)15(2)20(18,19)14-6-4-5-13(17)11-14/h4-6,11-12,17H,3,7-10H2,1-2H3. The molecule has 0 atom stereocenters. The second-order valence-corrected chi connectivity index (χ2v) is 7.18. The predicted octanol–water partition coefficient (Wildman–Crippen LogP) is 1.50. The number of phenols is 1. The first kappa shape index (κ1) is 15.3. The number of hydrogen-bond donors (Lipinski definition) is 1. The fourth-order valence-electron chi connectivity index (χ4n) is 2.61. The lowest BCUT2D eigenvalue weighted by Crippen LogP contribution is -2.45. The first-order valence-corrected chi connectivity index (χ1v) is 8.38. The van der Waals surface area contributed by atoms with E-state index < -0.39 is 10.0 Å². The molecule has 1 saturated heterocycles. The van der Waals surface area contributed by atoms with Crippen LogP contribution < -0.4 is 0 Å². The van der Waals surface area contributed by atoms with Crippen molar-refractivity contribution < 1.29 is 13.5 Å². The van der Waals surface area contributed by atoms with Crippen molar-refractivity contribution in [1.82, 2.24) is 9.21 Å². The summed E-state index contributed by atoms with van der Waals surface area (Å²) in [7, 11) is -1.90. The Hall–Kier alpha value is -1.11. The van der Waals surface area contributed by atoms with Crippen LogP contribution in [0.5, 0.6) is 5.75 Å². The number of benzene rings is 1. The highest BCUT2D eigenvalue weighted by Crippen LogP contribution is 2.24. The van der Waals surface area contributed by atoms with Crippen LogP contribution in [0, 0.1) is 0 Å². The van der Waals surface area contributed by atoms with Crippen LogP contribution in [0.25, 0.3) is 0 Å². The first-order chi connectivity index (χ1) is 9.45. The van der Waals surface area contributed by atoms with Crippen LogP contribution >= 0.6 is 0 Å². The molecule has 20 heavy (non-hydrogen) atoms. The van der Waals surface area contributed by atoms with Crippen LogP contribution in [0.3, 0.4) is 0 Å². The zero-order valence-corrected chi connectivity index (χ0v) is 12.8. The molecule has 0 amide bonds. The molecule has 1 fully saturated rings. The van der Waals surface area contributed by atoms with Crippen molar-refractivity contribution in [2.75, 3.05) is 26.7 Å². The summed E-state index contributed by atoms with van der Waals surface area (Å²) in [6.07, 6.45) is 1.70. The number of piperidine rings is 1. The molecule has 0 radical (unpaired) electrons. The third kappa shape index (κ3) is 3.13. The fourth-order valence-corrected chi connectivity index (χ4v) is 4.06. The summed E-state index contributed by atoms with van der Waals surface area (Å²) in [6, 6.07) is 5.87. The van der Waals surface area contributed by atoms with Crippen molar-refractivity contribution in [3.63, 3.8) is 0 Å². The van der Waals surface area contributed by atoms with Crippen LogP contribution in [0.1, 0.15) is 19.8 Å². The van der Waals surface area contributed by atoms with Gasteiger partial charge in [0, 0.05) is 13.1 Å². The molecule has 2 rings (SSSR count). The van der Waals surface area contributed by atoms with Gasteiger partial charge in [-0.2, -0.15) is 4.31 Å². The second kappa shape index (κ2) is 6.11. The van der Waals surface area contributed by atoms with Gasteiger partial charge in [-0.1, -0.05) is 13.0 Å². The Labute approximate surface area is 120 Å². The van der Waals surface area contributed by atoms with Crippen molar-refractivity contribution >= 4 is 10.0 Å². The Kier molecular flexibility index (Phi) is 4.67. The Morgan fingerprint density at radius 3 is 2.55 bits per heavy atom. The molecule has 0 aliphatic carbocycles. The highest BCUT2D eigenvalue weighted by molar-refractivity contribution is 7.89. The average molecular weight is 298 g/mol. The molecule has 1 aliphatic heterocycles. The van der Waals surface area contributed by atoms with E-state index in [2.05, 4.69) is 11.8 Å². The van der Waals surface area contributed by atoms with Gasteiger partial charge in [0.05, 0.1) is 4.90 Å². The normalized spacial score (nSPS) is 18.6. The van der Waals surface area contributed by atoms with E-state index in [1.165, 1.54) is 22.5 Å². The average Bonchev–Trinajstić information content (AvgIpc) is 2.46. The number of aromatic hydroxyl groups is 1. The smallest absolute Gasteiger partial charge is 0.243 e. The lowest BCUT2D eigenvalue weighted by Gasteiger charge is -2.35. The van der Waals surface area contributed by atoms with Gasteiger partial charge in [0.15, 0.2) is 0 Å². The third-order valence-electron chi connectivity index (χ3n) is 4.01. The van der Waals surface area contributed by atoms with Gasteiger partial charge in [0.25, 0.3) is 0 Å². The van der Waals surface area contributed by atoms with Crippen LogP contribution in [-0.4, -0.2) is 55.5 Å². The molecular formula is C14H22N2O3S. The van der Waals surface area contributed by atoms with Crippen LogP contribution in [-0.2, 0) is 10.0 Å². The summed E-state index contributed by atoms with van der Waals surface area (Å²) in [6.45, 7) is 4.99. The molecule has 1 aliphatic rings. The zero-order valence-electron chi connectivity index (χ0n) is 12.0. The number of nitrogens with zero attached hydrogens (tertiary/aromatic N) is 2. The van der Waals surface area contributed by atoms with E-state index in [0.717, 1.165) is 32.5 Å². The molecule has 0 unspecified atom stereocenters. The van der Waals surface area contributed by atoms with Gasteiger partial charge < -0.3 is 10.0 Å². The van der Waals surface area contributed by atoms with Gasteiger partial charge >= 0.3 is 0 Å². The summed E-state index contributed by atoms with van der Waals surface area (Å²) in [5, 5.41) is 9.45. The topological polar surface area (TPSA) is 60.9 Å². The molecular weight excluding hydrogens is 276 g/mol. The lowest BCUT2D eigenvalue weighted by atomic mass is 10.1. The van der Waals surface area contributed by atoms with Crippen molar-refractivity contribution in [2.24, 2.45) is 0 Å². The third-order valence-corrected chi connectivity index (χ3v) is 5.92. The van der Waals surface area contributed by atoms with Crippen molar-refractivity contribution in [2.45, 2.75) is 30.7 Å². The van der Waals surface area contributed by atoms with Gasteiger partial charge in [-0.25, -0.2) is 8.42 Å². The van der Waals surface area contributed by atoms with E-state index in [1.807, 2.05) is 0 Å². The molecule has 5 nitrogen and oxygen atoms in total. The van der Waals surface area contributed by atoms with Gasteiger partial charge in [-0.3, -0.25) is 0 Å². The molecule has 0 bridgehead atoms. The SMILES string of the molecule is CCN1CCC(N(C)S(=O)(=O)c2cccc(O)c2)CC1. The minimum absolute atomic E-state index is 0.0275. The molecule has 1 heterocycles. The largest absolute Gasteiger partial charge is 0.508 e. The van der Waals surface area contributed by atoms with Crippen molar-refractivity contribution in [1.29, 1.82) is 0 Å². The number of sulfonamides is 1. The number of phenolic OH excluding ortho intramolecular Hbond substituents is 1. The quantitative estimate of drug-likeness (QED) is 0.915. The fraction of sp³-hybridized carbons (Fsp3) is 0.571. The highest BCUT2D eigenvalue weighted by Gasteiger charge is 2.30. The molecule has 1 N–H and O–H groups in total. The molecule has 0 aromatic heterocycles. The zero-order chi connectivity index (χ0) is 14.8. The molecule has 112 valence electrons. The predicted molar refractivity (Wildman–Crippen MR) is 78.2 cm³/mol. The minimum atomic E-state index is -3.53. The number of hydrogen-bond acceptors (Lipinski definition) is 4.